The smallest absolute Gasteiger partial charge is 0.260 e. The lowest BCUT2D eigenvalue weighted by molar-refractivity contribution is 0.0986. The monoisotopic (exact) mass is 566 g/mol. The van der Waals surface area contributed by atoms with E-state index < -0.39 is 10.0 Å². The molecule has 0 saturated carbocycles. The van der Waals surface area contributed by atoms with Gasteiger partial charge in [0.15, 0.2) is 5.13 Å². The minimum atomic E-state index is -3.57. The van der Waals surface area contributed by atoms with E-state index in [1.165, 1.54) is 11.3 Å². The zero-order chi connectivity index (χ0) is 25.7. The summed E-state index contributed by atoms with van der Waals surface area (Å²) in [6.45, 7) is 2.41. The van der Waals surface area contributed by atoms with Crippen LogP contribution in [0.25, 0.3) is 10.2 Å². The summed E-state index contributed by atoms with van der Waals surface area (Å²) in [6, 6.07) is 12.0. The van der Waals surface area contributed by atoms with E-state index in [0.717, 1.165) is 48.9 Å². The minimum absolute atomic E-state index is 0. The summed E-state index contributed by atoms with van der Waals surface area (Å²) in [5.41, 5.74) is 1.16. The Morgan fingerprint density at radius 2 is 1.70 bits per heavy atom. The van der Waals surface area contributed by atoms with Crippen LogP contribution in [0, 0.1) is 0 Å². The molecule has 0 atom stereocenters. The van der Waals surface area contributed by atoms with Crippen LogP contribution in [0.1, 0.15) is 42.5 Å². The maximum Gasteiger partial charge on any atom is 0.260 e. The molecule has 1 saturated heterocycles. The van der Waals surface area contributed by atoms with Gasteiger partial charge < -0.3 is 9.64 Å². The van der Waals surface area contributed by atoms with Crippen molar-refractivity contribution < 1.29 is 17.9 Å². The van der Waals surface area contributed by atoms with Crippen molar-refractivity contribution in [1.82, 2.24) is 14.2 Å². The van der Waals surface area contributed by atoms with Crippen LogP contribution in [0.3, 0.4) is 0 Å². The third-order valence-corrected chi connectivity index (χ3v) is 9.31. The summed E-state index contributed by atoms with van der Waals surface area (Å²) in [5.74, 6) is 0.462. The van der Waals surface area contributed by atoms with Gasteiger partial charge in [-0.15, -0.1) is 12.4 Å². The third-order valence-electron chi connectivity index (χ3n) is 6.36. The highest BCUT2D eigenvalue weighted by molar-refractivity contribution is 7.89. The Balaban J connectivity index is 0.00000380. The molecule has 0 aliphatic carbocycles. The van der Waals surface area contributed by atoms with Crippen molar-refractivity contribution in [2.24, 2.45) is 0 Å². The summed E-state index contributed by atoms with van der Waals surface area (Å²) < 4.78 is 34.3. The van der Waals surface area contributed by atoms with Gasteiger partial charge in [-0.3, -0.25) is 9.69 Å². The molecule has 2 heterocycles. The average molecular weight is 567 g/mol. The van der Waals surface area contributed by atoms with Crippen LogP contribution in [0.5, 0.6) is 5.75 Å². The average Bonchev–Trinajstić information content (AvgIpc) is 3.10. The van der Waals surface area contributed by atoms with Crippen molar-refractivity contribution in [3.8, 4) is 5.75 Å². The first-order valence-corrected chi connectivity index (χ1v) is 14.6. The van der Waals surface area contributed by atoms with Crippen LogP contribution in [-0.4, -0.2) is 75.9 Å². The molecule has 0 bridgehead atoms. The molecule has 8 nitrogen and oxygen atoms in total. The van der Waals surface area contributed by atoms with E-state index in [9.17, 15) is 13.2 Å². The van der Waals surface area contributed by atoms with Gasteiger partial charge in [0.05, 0.1) is 16.7 Å². The number of ether oxygens (including phenoxy) is 1. The standard InChI is InChI=1S/C26H34N4O4S2.ClH/c1-28(2)16-9-19-30(26-27-24-22(34-3)10-8-11-23(24)35-26)25(31)20-12-14-21(15-13-20)36(32,33)29-17-6-4-5-7-18-29;/h8,10-15H,4-7,9,16-19H2,1-3H3;1H. The molecule has 0 unspecified atom stereocenters. The molecule has 1 fully saturated rings. The number of hydrogen-bond acceptors (Lipinski definition) is 7. The molecule has 4 rings (SSSR count). The summed E-state index contributed by atoms with van der Waals surface area (Å²) in [7, 11) is 2.03. The van der Waals surface area contributed by atoms with E-state index in [1.54, 1.807) is 40.6 Å². The van der Waals surface area contributed by atoms with Gasteiger partial charge in [-0.2, -0.15) is 4.31 Å². The third kappa shape index (κ3) is 6.80. The molecule has 11 heteroatoms. The maximum atomic E-state index is 13.6. The van der Waals surface area contributed by atoms with Crippen LogP contribution in [0.4, 0.5) is 5.13 Å². The lowest BCUT2D eigenvalue weighted by atomic mass is 10.2. The van der Waals surface area contributed by atoms with E-state index >= 15 is 0 Å². The molecule has 1 amide bonds. The second-order valence-electron chi connectivity index (χ2n) is 9.26. The number of carbonyl (C=O) groups is 1. The van der Waals surface area contributed by atoms with Gasteiger partial charge in [0.1, 0.15) is 11.3 Å². The maximum absolute atomic E-state index is 13.6. The number of amides is 1. The van der Waals surface area contributed by atoms with E-state index in [2.05, 4.69) is 4.90 Å². The van der Waals surface area contributed by atoms with Crippen LogP contribution >= 0.6 is 23.7 Å². The molecule has 0 N–H and O–H groups in total. The Morgan fingerprint density at radius 3 is 2.32 bits per heavy atom. The Kier molecular flexibility index (Phi) is 10.3. The number of aromatic nitrogens is 1. The number of halogens is 1. The van der Waals surface area contributed by atoms with Crippen LogP contribution < -0.4 is 9.64 Å². The number of hydrogen-bond donors (Lipinski definition) is 0. The largest absolute Gasteiger partial charge is 0.494 e. The van der Waals surface area contributed by atoms with Gasteiger partial charge in [0, 0.05) is 25.2 Å². The van der Waals surface area contributed by atoms with E-state index in [4.69, 9.17) is 9.72 Å². The van der Waals surface area contributed by atoms with E-state index in [0.29, 0.717) is 36.1 Å². The Labute approximate surface area is 229 Å². The topological polar surface area (TPSA) is 83.0 Å². The number of benzene rings is 2. The molecule has 1 aliphatic heterocycles. The molecule has 1 aromatic heterocycles. The number of para-hydroxylation sites is 1. The zero-order valence-corrected chi connectivity index (χ0v) is 24.0. The molecule has 0 spiro atoms. The van der Waals surface area contributed by atoms with Gasteiger partial charge in [0.25, 0.3) is 5.91 Å². The molecule has 0 radical (unpaired) electrons. The van der Waals surface area contributed by atoms with Crippen LogP contribution in [-0.2, 0) is 10.0 Å². The van der Waals surface area contributed by atoms with Crippen LogP contribution in [0.2, 0.25) is 0 Å². The van der Waals surface area contributed by atoms with Crippen molar-refractivity contribution in [2.75, 3.05) is 52.3 Å². The number of carbonyl (C=O) groups excluding carboxylic acids is 1. The van der Waals surface area contributed by atoms with Crippen molar-refractivity contribution in [2.45, 2.75) is 37.0 Å². The molecule has 37 heavy (non-hydrogen) atoms. The predicted molar refractivity (Wildman–Crippen MR) is 152 cm³/mol. The number of anilines is 1. The highest BCUT2D eigenvalue weighted by Crippen LogP contribution is 2.35. The zero-order valence-electron chi connectivity index (χ0n) is 21.6. The van der Waals surface area contributed by atoms with Gasteiger partial charge in [-0.1, -0.05) is 30.2 Å². The number of rotatable bonds is 9. The van der Waals surface area contributed by atoms with Gasteiger partial charge in [0.2, 0.25) is 10.0 Å². The number of thiazole rings is 1. The van der Waals surface area contributed by atoms with Crippen LogP contribution in [0.15, 0.2) is 47.4 Å². The molecule has 2 aromatic carbocycles. The number of methoxy groups -OCH3 is 1. The molecular weight excluding hydrogens is 532 g/mol. The van der Waals surface area contributed by atoms with Gasteiger partial charge in [-0.05, 0) is 76.3 Å². The molecule has 1 aliphatic rings. The first-order valence-electron chi connectivity index (χ1n) is 12.3. The Hall–Kier alpha value is -2.24. The van der Waals surface area contributed by atoms with E-state index in [-0.39, 0.29) is 23.2 Å². The Morgan fingerprint density at radius 1 is 1.03 bits per heavy atom. The minimum Gasteiger partial charge on any atom is -0.494 e. The second-order valence-corrected chi connectivity index (χ2v) is 12.2. The summed E-state index contributed by atoms with van der Waals surface area (Å²) in [5, 5.41) is 0.597. The first kappa shape index (κ1) is 29.3. The summed E-state index contributed by atoms with van der Waals surface area (Å²) in [6.07, 6.45) is 4.64. The molecule has 202 valence electrons. The van der Waals surface area contributed by atoms with E-state index in [1.807, 2.05) is 32.3 Å². The number of nitrogens with zero attached hydrogens (tertiary/aromatic N) is 4. The quantitative estimate of drug-likeness (QED) is 0.367. The highest BCUT2D eigenvalue weighted by Gasteiger charge is 2.27. The highest BCUT2D eigenvalue weighted by atomic mass is 35.5. The van der Waals surface area contributed by atoms with Crippen molar-refractivity contribution in [3.05, 3.63) is 48.0 Å². The number of fused-ring (bicyclic) bond motifs is 1. The fourth-order valence-electron chi connectivity index (χ4n) is 4.38. The second kappa shape index (κ2) is 13.0. The Bertz CT molecular complexity index is 1290. The predicted octanol–water partition coefficient (Wildman–Crippen LogP) is 4.89. The fourth-order valence-corrected chi connectivity index (χ4v) is 6.90. The lowest BCUT2D eigenvalue weighted by Gasteiger charge is -2.22. The van der Waals surface area contributed by atoms with Gasteiger partial charge >= 0.3 is 0 Å². The van der Waals surface area contributed by atoms with Crippen molar-refractivity contribution in [3.63, 3.8) is 0 Å². The summed E-state index contributed by atoms with van der Waals surface area (Å²) >= 11 is 1.44. The van der Waals surface area contributed by atoms with Crippen molar-refractivity contribution in [1.29, 1.82) is 0 Å². The molecule has 3 aromatic rings. The first-order chi connectivity index (χ1) is 17.3. The fraction of sp³-hybridized carbons (Fsp3) is 0.462. The van der Waals surface area contributed by atoms with Gasteiger partial charge in [-0.25, -0.2) is 13.4 Å². The summed E-state index contributed by atoms with van der Waals surface area (Å²) in [4.78, 5) is 22.4. The normalized spacial score (nSPS) is 14.8. The van der Waals surface area contributed by atoms with Crippen molar-refractivity contribution >= 4 is 55.0 Å². The number of sulfonamides is 1. The molecular formula is C26H35ClN4O4S2. The SMILES string of the molecule is COc1cccc2sc(N(CCCN(C)C)C(=O)c3ccc(S(=O)(=O)N4CCCCCC4)cc3)nc12.Cl. The lowest BCUT2D eigenvalue weighted by Crippen LogP contribution is -2.34.